The third kappa shape index (κ3) is 29.9. The van der Waals surface area contributed by atoms with Crippen LogP contribution in [-0.4, -0.2) is 63.9 Å². The van der Waals surface area contributed by atoms with Gasteiger partial charge < -0.3 is 19.8 Å². The highest BCUT2D eigenvalue weighted by Gasteiger charge is 2.27. The van der Waals surface area contributed by atoms with Crippen LogP contribution in [0.25, 0.3) is 0 Å². The van der Waals surface area contributed by atoms with E-state index in [1.54, 1.807) is 0 Å². The highest BCUT2D eigenvalue weighted by atomic mass is 16.4. The van der Waals surface area contributed by atoms with Crippen molar-refractivity contribution in [3.63, 3.8) is 0 Å². The molecule has 0 aliphatic carbocycles. The molecule has 0 spiro atoms. The van der Waals surface area contributed by atoms with E-state index in [0.29, 0.717) is 43.4 Å². The average Bonchev–Trinajstić information content (AvgIpc) is 2.95. The minimum absolute atomic E-state index is 0.0928. The molecule has 3 N–H and O–H groups in total. The lowest BCUT2D eigenvalue weighted by molar-refractivity contribution is -0.929. The van der Waals surface area contributed by atoms with E-state index in [1.165, 1.54) is 116 Å². The third-order valence-corrected chi connectivity index (χ3v) is 8.69. The summed E-state index contributed by atoms with van der Waals surface area (Å²) in [4.78, 5) is 33.3. The van der Waals surface area contributed by atoms with E-state index in [2.05, 4.69) is 19.1 Å². The van der Waals surface area contributed by atoms with Crippen LogP contribution in [0.3, 0.4) is 0 Å². The Morgan fingerprint density at radius 1 is 0.419 bits per heavy atom. The van der Waals surface area contributed by atoms with Crippen molar-refractivity contribution in [2.45, 2.75) is 174 Å². The summed E-state index contributed by atoms with van der Waals surface area (Å²) in [5.74, 6) is -2.47. The molecule has 0 aromatic carbocycles. The van der Waals surface area contributed by atoms with Crippen LogP contribution in [0.5, 0.6) is 0 Å². The number of nitrogens with zero attached hydrogens (tertiary/aromatic N) is 1. The number of carboxylic acids is 3. The Morgan fingerprint density at radius 2 is 0.698 bits per heavy atom. The van der Waals surface area contributed by atoms with Crippen LogP contribution in [0, 0.1) is 0 Å². The van der Waals surface area contributed by atoms with E-state index in [-0.39, 0.29) is 19.3 Å². The van der Waals surface area contributed by atoms with Crippen molar-refractivity contribution in [3.05, 3.63) is 12.2 Å². The summed E-state index contributed by atoms with van der Waals surface area (Å²) in [6.45, 7) is 5.11. The Morgan fingerprint density at radius 3 is 1.02 bits per heavy atom. The fourth-order valence-electron chi connectivity index (χ4n) is 6.13. The van der Waals surface area contributed by atoms with E-state index >= 15 is 0 Å². The van der Waals surface area contributed by atoms with E-state index in [1.807, 2.05) is 0 Å². The van der Waals surface area contributed by atoms with Crippen molar-refractivity contribution in [3.8, 4) is 0 Å². The molecular formula is C36H68NO6+. The molecule has 0 saturated heterocycles. The second kappa shape index (κ2) is 30.1. The highest BCUT2D eigenvalue weighted by Crippen LogP contribution is 2.19. The van der Waals surface area contributed by atoms with E-state index in [4.69, 9.17) is 15.3 Å². The van der Waals surface area contributed by atoms with Crippen LogP contribution < -0.4 is 0 Å². The lowest BCUT2D eigenvalue weighted by Gasteiger charge is -2.39. The first-order valence-electron chi connectivity index (χ1n) is 18.0. The molecule has 7 heteroatoms. The predicted molar refractivity (Wildman–Crippen MR) is 177 cm³/mol. The zero-order valence-corrected chi connectivity index (χ0v) is 27.9. The number of unbranched alkanes of at least 4 members (excludes halogenated alkanes) is 18. The molecule has 0 bridgehead atoms. The molecule has 0 rings (SSSR count). The molecule has 0 aliphatic heterocycles. The number of aliphatic carboxylic acids is 3. The number of carbonyl (C=O) groups is 3. The maximum absolute atomic E-state index is 11.1. The minimum atomic E-state index is -0.822. The smallest absolute Gasteiger partial charge is 0.303 e. The molecule has 0 unspecified atom stereocenters. The van der Waals surface area contributed by atoms with Crippen LogP contribution in [0.4, 0.5) is 0 Å². The average molecular weight is 611 g/mol. The summed E-state index contributed by atoms with van der Waals surface area (Å²) in [5.41, 5.74) is 0. The van der Waals surface area contributed by atoms with Gasteiger partial charge in [-0.05, 0) is 32.1 Å². The topological polar surface area (TPSA) is 112 Å². The Labute approximate surface area is 264 Å². The van der Waals surface area contributed by atoms with Gasteiger partial charge in [0.2, 0.25) is 0 Å². The van der Waals surface area contributed by atoms with Gasteiger partial charge in [0.15, 0.2) is 0 Å². The van der Waals surface area contributed by atoms with Crippen molar-refractivity contribution in [2.75, 3.05) is 26.2 Å². The lowest BCUT2D eigenvalue weighted by atomic mass is 10.0. The van der Waals surface area contributed by atoms with Crippen LogP contribution in [0.2, 0.25) is 0 Å². The van der Waals surface area contributed by atoms with Gasteiger partial charge in [-0.25, -0.2) is 0 Å². The second-order valence-corrected chi connectivity index (χ2v) is 12.8. The van der Waals surface area contributed by atoms with Crippen LogP contribution in [0.1, 0.15) is 174 Å². The molecule has 43 heavy (non-hydrogen) atoms. The molecule has 252 valence electrons. The number of carboxylic acid groups (broad SMARTS) is 3. The summed E-state index contributed by atoms with van der Waals surface area (Å²) < 4.78 is 0.644. The van der Waals surface area contributed by atoms with Gasteiger partial charge >= 0.3 is 17.9 Å². The Balaban J connectivity index is 3.97. The molecule has 0 saturated carbocycles. The standard InChI is InChI=1S/C36H67NO6/c1-2-3-4-5-6-7-8-9-10-11-12-13-14-15-16-17-18-19-20-21-22-23-30-37(31-24-27-34(38)39,32-25-28-35(40)41)33-26-29-36(42)43/h4-5H,2-3,6-33H2,1H3,(H2-,38,39,40,41,42,43)/p+1/b5-4+. The summed E-state index contributed by atoms with van der Waals surface area (Å²) in [6.07, 6.45) is 32.6. The number of hydrogen-bond donors (Lipinski definition) is 3. The van der Waals surface area contributed by atoms with Crippen LogP contribution in [0.15, 0.2) is 12.2 Å². The van der Waals surface area contributed by atoms with Gasteiger partial charge in [0.05, 0.1) is 45.4 Å². The Kier molecular flexibility index (Phi) is 28.8. The molecule has 0 fully saturated rings. The van der Waals surface area contributed by atoms with Crippen molar-refractivity contribution < 1.29 is 34.2 Å². The summed E-state index contributed by atoms with van der Waals surface area (Å²) in [5, 5.41) is 27.3. The normalized spacial score (nSPS) is 11.8. The van der Waals surface area contributed by atoms with Crippen LogP contribution >= 0.6 is 0 Å². The highest BCUT2D eigenvalue weighted by molar-refractivity contribution is 5.67. The Bertz CT molecular complexity index is 658. The summed E-state index contributed by atoms with van der Waals surface area (Å²) in [7, 11) is 0. The first-order valence-corrected chi connectivity index (χ1v) is 18.0. The van der Waals surface area contributed by atoms with Crippen LogP contribution in [-0.2, 0) is 14.4 Å². The fraction of sp³-hybridized carbons (Fsp3) is 0.861. The van der Waals surface area contributed by atoms with Crippen molar-refractivity contribution in [1.29, 1.82) is 0 Å². The zero-order chi connectivity index (χ0) is 31.9. The second-order valence-electron chi connectivity index (χ2n) is 12.8. The largest absolute Gasteiger partial charge is 0.481 e. The minimum Gasteiger partial charge on any atom is -0.481 e. The molecule has 0 aromatic heterocycles. The molecule has 0 heterocycles. The first-order chi connectivity index (χ1) is 20.8. The third-order valence-electron chi connectivity index (χ3n) is 8.69. The van der Waals surface area contributed by atoms with E-state index < -0.39 is 17.9 Å². The number of hydrogen-bond acceptors (Lipinski definition) is 3. The fourth-order valence-corrected chi connectivity index (χ4v) is 6.13. The summed E-state index contributed by atoms with van der Waals surface area (Å²) >= 11 is 0. The van der Waals surface area contributed by atoms with Crippen molar-refractivity contribution in [1.82, 2.24) is 0 Å². The number of quaternary nitrogens is 1. The Hall–Kier alpha value is -1.89. The van der Waals surface area contributed by atoms with E-state index in [9.17, 15) is 14.4 Å². The molecule has 0 aliphatic rings. The SMILES string of the molecule is CCC/C=C/CCCCCCCCCCCCCCCCCCC[N+](CCCC(=O)O)(CCCC(=O)O)CCCC(=O)O. The molecule has 0 atom stereocenters. The van der Waals surface area contributed by atoms with E-state index in [0.717, 1.165) is 19.4 Å². The summed E-state index contributed by atoms with van der Waals surface area (Å²) in [6, 6.07) is 0. The van der Waals surface area contributed by atoms with Gasteiger partial charge in [0.25, 0.3) is 0 Å². The molecule has 0 aromatic rings. The molecule has 0 radical (unpaired) electrons. The predicted octanol–water partition coefficient (Wildman–Crippen LogP) is 9.78. The molecule has 0 amide bonds. The van der Waals surface area contributed by atoms with Gasteiger partial charge in [0, 0.05) is 19.3 Å². The maximum Gasteiger partial charge on any atom is 0.303 e. The first kappa shape index (κ1) is 41.1. The lowest BCUT2D eigenvalue weighted by Crippen LogP contribution is -2.51. The molecular weight excluding hydrogens is 542 g/mol. The number of rotatable bonds is 34. The van der Waals surface area contributed by atoms with Crippen molar-refractivity contribution >= 4 is 17.9 Å². The van der Waals surface area contributed by atoms with Gasteiger partial charge in [-0.3, -0.25) is 14.4 Å². The maximum atomic E-state index is 11.1. The number of allylic oxidation sites excluding steroid dienone is 2. The van der Waals surface area contributed by atoms with Gasteiger partial charge in [-0.2, -0.15) is 0 Å². The monoisotopic (exact) mass is 611 g/mol. The van der Waals surface area contributed by atoms with Gasteiger partial charge in [0.1, 0.15) is 0 Å². The van der Waals surface area contributed by atoms with Crippen molar-refractivity contribution in [2.24, 2.45) is 0 Å². The quantitative estimate of drug-likeness (QED) is 0.0380. The molecule has 7 nitrogen and oxygen atoms in total. The van der Waals surface area contributed by atoms with Gasteiger partial charge in [-0.1, -0.05) is 115 Å². The zero-order valence-electron chi connectivity index (χ0n) is 27.9. The van der Waals surface area contributed by atoms with Gasteiger partial charge in [-0.15, -0.1) is 0 Å².